The average Bonchev–Trinajstić information content (AvgIpc) is 2.67. The van der Waals surface area contributed by atoms with Gasteiger partial charge in [0.05, 0.1) is 0 Å². The SMILES string of the molecule is CN(C)c1nn(-c2ccccn2)c(N)c1C#N. The van der Waals surface area contributed by atoms with Gasteiger partial charge in [0.15, 0.2) is 11.6 Å². The van der Waals surface area contributed by atoms with Crippen molar-refractivity contribution < 1.29 is 0 Å². The topological polar surface area (TPSA) is 83.8 Å². The number of hydrogen-bond donors (Lipinski definition) is 1. The van der Waals surface area contributed by atoms with Gasteiger partial charge >= 0.3 is 0 Å². The Kier molecular flexibility index (Phi) is 2.66. The molecule has 2 N–H and O–H groups in total. The van der Waals surface area contributed by atoms with Crippen LogP contribution in [0.15, 0.2) is 24.4 Å². The van der Waals surface area contributed by atoms with Gasteiger partial charge < -0.3 is 10.6 Å². The van der Waals surface area contributed by atoms with Crippen LogP contribution in [-0.2, 0) is 0 Å². The van der Waals surface area contributed by atoms with E-state index < -0.39 is 0 Å². The van der Waals surface area contributed by atoms with Gasteiger partial charge in [-0.15, -0.1) is 5.10 Å². The molecule has 0 aliphatic carbocycles. The molecule has 2 aromatic heterocycles. The fraction of sp³-hybridized carbons (Fsp3) is 0.182. The molecular weight excluding hydrogens is 216 g/mol. The molecule has 0 aliphatic heterocycles. The molecule has 86 valence electrons. The van der Waals surface area contributed by atoms with Crippen LogP contribution >= 0.6 is 0 Å². The van der Waals surface area contributed by atoms with Gasteiger partial charge in [-0.3, -0.25) is 0 Å². The maximum absolute atomic E-state index is 9.08. The monoisotopic (exact) mass is 228 g/mol. The van der Waals surface area contributed by atoms with Gasteiger partial charge in [0, 0.05) is 20.3 Å². The molecule has 2 aromatic rings. The molecule has 0 fully saturated rings. The van der Waals surface area contributed by atoms with Gasteiger partial charge in [0.2, 0.25) is 0 Å². The summed E-state index contributed by atoms with van der Waals surface area (Å²) in [6, 6.07) is 7.48. The van der Waals surface area contributed by atoms with Crippen molar-refractivity contribution in [2.45, 2.75) is 0 Å². The summed E-state index contributed by atoms with van der Waals surface area (Å²) in [6.45, 7) is 0. The minimum absolute atomic E-state index is 0.301. The molecule has 6 heteroatoms. The van der Waals surface area contributed by atoms with E-state index in [-0.39, 0.29) is 0 Å². The lowest BCUT2D eigenvalue weighted by atomic mass is 10.3. The maximum Gasteiger partial charge on any atom is 0.170 e. The second-order valence-corrected chi connectivity index (χ2v) is 3.69. The molecule has 0 atom stereocenters. The van der Waals surface area contributed by atoms with Crippen LogP contribution in [0.3, 0.4) is 0 Å². The van der Waals surface area contributed by atoms with Crippen LogP contribution in [0.2, 0.25) is 0 Å². The molecule has 0 aromatic carbocycles. The molecule has 0 unspecified atom stereocenters. The largest absolute Gasteiger partial charge is 0.382 e. The van der Waals surface area contributed by atoms with E-state index in [1.165, 1.54) is 4.68 Å². The standard InChI is InChI=1S/C11H12N6/c1-16(2)11-8(7-12)10(13)17(15-11)9-5-3-4-6-14-9/h3-6H,13H2,1-2H3. The van der Waals surface area contributed by atoms with E-state index in [9.17, 15) is 0 Å². The Morgan fingerprint density at radius 1 is 1.41 bits per heavy atom. The van der Waals surface area contributed by atoms with Gasteiger partial charge in [-0.2, -0.15) is 9.94 Å². The molecule has 0 amide bonds. The Hall–Kier alpha value is -2.55. The lowest BCUT2D eigenvalue weighted by molar-refractivity contribution is 0.845. The van der Waals surface area contributed by atoms with E-state index in [0.29, 0.717) is 23.0 Å². The predicted molar refractivity (Wildman–Crippen MR) is 64.8 cm³/mol. The Morgan fingerprint density at radius 2 is 2.18 bits per heavy atom. The summed E-state index contributed by atoms with van der Waals surface area (Å²) in [5.74, 6) is 1.43. The number of hydrogen-bond acceptors (Lipinski definition) is 5. The van der Waals surface area contributed by atoms with E-state index in [4.69, 9.17) is 11.0 Å². The zero-order chi connectivity index (χ0) is 12.4. The predicted octanol–water partition coefficient (Wildman–Crippen LogP) is 0.787. The third kappa shape index (κ3) is 1.78. The van der Waals surface area contributed by atoms with E-state index in [1.54, 1.807) is 23.2 Å². The third-order valence-corrected chi connectivity index (χ3v) is 2.30. The Morgan fingerprint density at radius 3 is 2.65 bits per heavy atom. The normalized spacial score (nSPS) is 9.94. The van der Waals surface area contributed by atoms with Gasteiger partial charge in [-0.25, -0.2) is 4.98 Å². The summed E-state index contributed by atoms with van der Waals surface area (Å²) in [5.41, 5.74) is 6.26. The molecular formula is C11H12N6. The molecule has 2 rings (SSSR count). The van der Waals surface area contributed by atoms with Crippen LogP contribution < -0.4 is 10.6 Å². The highest BCUT2D eigenvalue weighted by atomic mass is 15.4. The molecule has 6 nitrogen and oxygen atoms in total. The Balaban J connectivity index is 2.62. The highest BCUT2D eigenvalue weighted by molar-refractivity contribution is 5.66. The summed E-state index contributed by atoms with van der Waals surface area (Å²) in [5, 5.41) is 13.4. The molecule has 0 aliphatic rings. The minimum atomic E-state index is 0.301. The van der Waals surface area contributed by atoms with Crippen molar-refractivity contribution in [3.8, 4) is 11.9 Å². The fourth-order valence-corrected chi connectivity index (χ4v) is 1.49. The first kappa shape index (κ1) is 11.0. The van der Waals surface area contributed by atoms with Crippen molar-refractivity contribution in [2.24, 2.45) is 0 Å². The third-order valence-electron chi connectivity index (χ3n) is 2.30. The highest BCUT2D eigenvalue weighted by Gasteiger charge is 2.18. The molecule has 17 heavy (non-hydrogen) atoms. The lowest BCUT2D eigenvalue weighted by Gasteiger charge is -2.07. The number of nitrogen functional groups attached to an aromatic ring is 1. The molecule has 0 bridgehead atoms. The first-order valence-electron chi connectivity index (χ1n) is 5.02. The van der Waals surface area contributed by atoms with Crippen molar-refractivity contribution in [1.29, 1.82) is 5.26 Å². The first-order chi connectivity index (χ1) is 8.15. The summed E-state index contributed by atoms with van der Waals surface area (Å²) in [7, 11) is 3.62. The van der Waals surface area contributed by atoms with E-state index in [2.05, 4.69) is 16.2 Å². The Bertz CT molecular complexity index is 564. The van der Waals surface area contributed by atoms with E-state index in [0.717, 1.165) is 0 Å². The number of nitrogens with zero attached hydrogens (tertiary/aromatic N) is 5. The zero-order valence-electron chi connectivity index (χ0n) is 9.62. The quantitative estimate of drug-likeness (QED) is 0.821. The molecule has 0 radical (unpaired) electrons. The van der Waals surface area contributed by atoms with Crippen LogP contribution in [0.5, 0.6) is 0 Å². The Labute approximate surface area is 98.9 Å². The van der Waals surface area contributed by atoms with Gasteiger partial charge in [0.25, 0.3) is 0 Å². The second-order valence-electron chi connectivity index (χ2n) is 3.69. The van der Waals surface area contributed by atoms with Crippen molar-refractivity contribution in [3.63, 3.8) is 0 Å². The second kappa shape index (κ2) is 4.14. The number of nitriles is 1. The number of aromatic nitrogens is 3. The van der Waals surface area contributed by atoms with E-state index in [1.807, 2.05) is 20.2 Å². The van der Waals surface area contributed by atoms with Gasteiger partial charge in [0.1, 0.15) is 17.5 Å². The van der Waals surface area contributed by atoms with Crippen LogP contribution in [0, 0.1) is 11.3 Å². The fourth-order valence-electron chi connectivity index (χ4n) is 1.49. The number of pyridine rings is 1. The number of anilines is 2. The highest BCUT2D eigenvalue weighted by Crippen LogP contribution is 2.24. The molecule has 0 saturated heterocycles. The number of rotatable bonds is 2. The first-order valence-corrected chi connectivity index (χ1v) is 5.02. The van der Waals surface area contributed by atoms with Gasteiger partial charge in [-0.1, -0.05) is 6.07 Å². The maximum atomic E-state index is 9.08. The smallest absolute Gasteiger partial charge is 0.170 e. The zero-order valence-corrected chi connectivity index (χ0v) is 9.62. The van der Waals surface area contributed by atoms with E-state index >= 15 is 0 Å². The van der Waals surface area contributed by atoms with Crippen molar-refractivity contribution >= 4 is 11.6 Å². The van der Waals surface area contributed by atoms with Crippen molar-refractivity contribution in [3.05, 3.63) is 30.0 Å². The van der Waals surface area contributed by atoms with Crippen LogP contribution in [0.4, 0.5) is 11.6 Å². The van der Waals surface area contributed by atoms with Crippen molar-refractivity contribution in [2.75, 3.05) is 24.7 Å². The van der Waals surface area contributed by atoms with Crippen LogP contribution in [0.1, 0.15) is 5.56 Å². The lowest BCUT2D eigenvalue weighted by Crippen LogP contribution is -2.11. The molecule has 0 saturated carbocycles. The van der Waals surface area contributed by atoms with Crippen LogP contribution in [-0.4, -0.2) is 28.9 Å². The van der Waals surface area contributed by atoms with Crippen molar-refractivity contribution in [1.82, 2.24) is 14.8 Å². The summed E-state index contributed by atoms with van der Waals surface area (Å²) in [6.07, 6.45) is 1.65. The van der Waals surface area contributed by atoms with Crippen LogP contribution in [0.25, 0.3) is 5.82 Å². The number of nitrogens with two attached hydrogens (primary N) is 1. The van der Waals surface area contributed by atoms with Gasteiger partial charge in [-0.05, 0) is 12.1 Å². The molecule has 2 heterocycles. The minimum Gasteiger partial charge on any atom is -0.382 e. The average molecular weight is 228 g/mol. The molecule has 0 spiro atoms. The summed E-state index contributed by atoms with van der Waals surface area (Å²) < 4.78 is 1.47. The summed E-state index contributed by atoms with van der Waals surface area (Å²) >= 11 is 0. The summed E-state index contributed by atoms with van der Waals surface area (Å²) in [4.78, 5) is 5.89.